The highest BCUT2D eigenvalue weighted by Crippen LogP contribution is 2.23. The van der Waals surface area contributed by atoms with Gasteiger partial charge in [-0.25, -0.2) is 8.42 Å². The lowest BCUT2D eigenvalue weighted by Gasteiger charge is -2.14. The van der Waals surface area contributed by atoms with Crippen molar-refractivity contribution in [1.29, 1.82) is 0 Å². The number of hydrogen-bond donors (Lipinski definition) is 3. The smallest absolute Gasteiger partial charge is 0.229 e. The third kappa shape index (κ3) is 5.57. The molecule has 3 aromatic rings. The van der Waals surface area contributed by atoms with Crippen molar-refractivity contribution in [1.82, 2.24) is 0 Å². The Hall–Kier alpha value is -2.83. The molecule has 3 N–H and O–H groups in total. The summed E-state index contributed by atoms with van der Waals surface area (Å²) in [7, 11) is -3.32. The van der Waals surface area contributed by atoms with E-state index < -0.39 is 16.1 Å². The number of anilines is 2. The first kappa shape index (κ1) is 18.9. The molecule has 0 aliphatic rings. The summed E-state index contributed by atoms with van der Waals surface area (Å²) in [6, 6.07) is 24.8. The van der Waals surface area contributed by atoms with Gasteiger partial charge in [-0.1, -0.05) is 60.7 Å². The summed E-state index contributed by atoms with van der Waals surface area (Å²) in [5.74, 6) is 0. The van der Waals surface area contributed by atoms with Crippen LogP contribution in [-0.4, -0.2) is 26.3 Å². The highest BCUT2D eigenvalue weighted by atomic mass is 32.2. The Balaban J connectivity index is 1.62. The van der Waals surface area contributed by atoms with Crippen molar-refractivity contribution in [2.45, 2.75) is 6.10 Å². The fourth-order valence-electron chi connectivity index (χ4n) is 2.77. The van der Waals surface area contributed by atoms with Crippen LogP contribution >= 0.6 is 0 Å². The van der Waals surface area contributed by atoms with Crippen LogP contribution in [-0.2, 0) is 10.0 Å². The summed E-state index contributed by atoms with van der Waals surface area (Å²) in [4.78, 5) is 0. The highest BCUT2D eigenvalue weighted by Gasteiger charge is 2.08. The van der Waals surface area contributed by atoms with Crippen LogP contribution in [0.4, 0.5) is 11.4 Å². The lowest BCUT2D eigenvalue weighted by atomic mass is 10.0. The van der Waals surface area contributed by atoms with E-state index in [4.69, 9.17) is 0 Å². The zero-order valence-corrected chi connectivity index (χ0v) is 15.8. The van der Waals surface area contributed by atoms with Crippen LogP contribution in [0.3, 0.4) is 0 Å². The van der Waals surface area contributed by atoms with E-state index in [1.165, 1.54) is 0 Å². The van der Waals surface area contributed by atoms with E-state index >= 15 is 0 Å². The molecule has 0 bridgehead atoms. The summed E-state index contributed by atoms with van der Waals surface area (Å²) in [5.41, 5.74) is 4.24. The predicted molar refractivity (Wildman–Crippen MR) is 110 cm³/mol. The van der Waals surface area contributed by atoms with Gasteiger partial charge in [-0.3, -0.25) is 4.72 Å². The van der Waals surface area contributed by atoms with E-state index in [0.717, 1.165) is 28.6 Å². The van der Waals surface area contributed by atoms with Crippen LogP contribution in [0.1, 0.15) is 11.7 Å². The largest absolute Gasteiger partial charge is 0.387 e. The molecule has 0 aromatic heterocycles. The molecular formula is C21H22N2O3S. The maximum Gasteiger partial charge on any atom is 0.229 e. The molecule has 0 fully saturated rings. The van der Waals surface area contributed by atoms with E-state index in [-0.39, 0.29) is 0 Å². The van der Waals surface area contributed by atoms with Crippen molar-refractivity contribution in [2.75, 3.05) is 22.8 Å². The number of benzene rings is 3. The van der Waals surface area contributed by atoms with Gasteiger partial charge in [0.15, 0.2) is 0 Å². The monoisotopic (exact) mass is 382 g/mol. The van der Waals surface area contributed by atoms with E-state index in [1.54, 1.807) is 18.2 Å². The fourth-order valence-corrected chi connectivity index (χ4v) is 3.32. The van der Waals surface area contributed by atoms with Gasteiger partial charge < -0.3 is 10.4 Å². The van der Waals surface area contributed by atoms with Crippen molar-refractivity contribution in [3.05, 3.63) is 84.4 Å². The van der Waals surface area contributed by atoms with Crippen molar-refractivity contribution >= 4 is 21.4 Å². The predicted octanol–water partition coefficient (Wildman–Crippen LogP) is 3.87. The molecule has 0 radical (unpaired) electrons. The first-order valence-electron chi connectivity index (χ1n) is 8.56. The van der Waals surface area contributed by atoms with E-state index in [9.17, 15) is 13.5 Å². The van der Waals surface area contributed by atoms with Crippen LogP contribution in [0.2, 0.25) is 0 Å². The summed E-state index contributed by atoms with van der Waals surface area (Å²) >= 11 is 0. The average Bonchev–Trinajstić information content (AvgIpc) is 2.66. The molecular weight excluding hydrogens is 360 g/mol. The molecule has 0 saturated carbocycles. The minimum absolute atomic E-state index is 0.313. The fraction of sp³-hybridized carbons (Fsp3) is 0.143. The summed E-state index contributed by atoms with van der Waals surface area (Å²) < 4.78 is 25.1. The highest BCUT2D eigenvalue weighted by molar-refractivity contribution is 7.92. The molecule has 3 aromatic carbocycles. The van der Waals surface area contributed by atoms with E-state index in [2.05, 4.69) is 10.0 Å². The van der Waals surface area contributed by atoms with Crippen LogP contribution < -0.4 is 10.0 Å². The molecule has 27 heavy (non-hydrogen) atoms. The van der Waals surface area contributed by atoms with Crippen LogP contribution in [0.25, 0.3) is 11.1 Å². The first-order chi connectivity index (χ1) is 12.9. The minimum atomic E-state index is -3.32. The van der Waals surface area contributed by atoms with Gasteiger partial charge in [0.1, 0.15) is 0 Å². The van der Waals surface area contributed by atoms with Gasteiger partial charge in [0, 0.05) is 12.2 Å². The summed E-state index contributed by atoms with van der Waals surface area (Å²) in [5, 5.41) is 13.6. The third-order valence-corrected chi connectivity index (χ3v) is 4.67. The zero-order chi connectivity index (χ0) is 19.3. The molecule has 6 heteroatoms. The van der Waals surface area contributed by atoms with E-state index in [1.807, 2.05) is 60.7 Å². The Bertz CT molecular complexity index is 987. The molecule has 1 unspecified atom stereocenters. The molecule has 5 nitrogen and oxygen atoms in total. The van der Waals surface area contributed by atoms with Gasteiger partial charge in [-0.05, 0) is 34.9 Å². The Kier molecular flexibility index (Phi) is 5.78. The lowest BCUT2D eigenvalue weighted by molar-refractivity contribution is 0.191. The van der Waals surface area contributed by atoms with Crippen LogP contribution in [0.5, 0.6) is 0 Å². The lowest BCUT2D eigenvalue weighted by Crippen LogP contribution is -2.13. The van der Waals surface area contributed by atoms with Crippen molar-refractivity contribution in [3.8, 4) is 11.1 Å². The maximum atomic E-state index is 11.3. The number of nitrogens with one attached hydrogen (secondary N) is 2. The minimum Gasteiger partial charge on any atom is -0.387 e. The standard InChI is InChI=1S/C21H22N2O3S/c1-27(25,26)23-20-9-5-8-19(14-20)22-15-21(24)18-12-10-17(11-13-18)16-6-3-2-4-7-16/h2-14,21-24H,15H2,1H3. The second-order valence-corrected chi connectivity index (χ2v) is 8.09. The molecule has 3 rings (SSSR count). The molecule has 0 heterocycles. The van der Waals surface area contributed by atoms with E-state index in [0.29, 0.717) is 12.2 Å². The summed E-state index contributed by atoms with van der Waals surface area (Å²) in [6.07, 6.45) is 0.428. The average molecular weight is 382 g/mol. The van der Waals surface area contributed by atoms with Crippen molar-refractivity contribution in [2.24, 2.45) is 0 Å². The van der Waals surface area contributed by atoms with Gasteiger partial charge in [0.2, 0.25) is 10.0 Å². The first-order valence-corrected chi connectivity index (χ1v) is 10.4. The zero-order valence-electron chi connectivity index (χ0n) is 15.0. The van der Waals surface area contributed by atoms with Gasteiger partial charge in [0.25, 0.3) is 0 Å². The topological polar surface area (TPSA) is 78.4 Å². The number of aliphatic hydroxyl groups is 1. The maximum absolute atomic E-state index is 11.3. The van der Waals surface area contributed by atoms with Gasteiger partial charge in [0.05, 0.1) is 18.0 Å². The molecule has 0 amide bonds. The number of aliphatic hydroxyl groups excluding tert-OH is 1. The molecule has 0 aliphatic heterocycles. The Morgan fingerprint density at radius 3 is 2.15 bits per heavy atom. The molecule has 140 valence electrons. The van der Waals surface area contributed by atoms with Crippen molar-refractivity contribution in [3.63, 3.8) is 0 Å². The Labute approximate surface area is 159 Å². The Morgan fingerprint density at radius 2 is 1.48 bits per heavy atom. The molecule has 1 atom stereocenters. The van der Waals surface area contributed by atoms with Gasteiger partial charge in [-0.2, -0.15) is 0 Å². The number of sulfonamides is 1. The second kappa shape index (κ2) is 8.24. The second-order valence-electron chi connectivity index (χ2n) is 6.34. The number of hydrogen-bond acceptors (Lipinski definition) is 4. The third-order valence-electron chi connectivity index (χ3n) is 4.07. The van der Waals surface area contributed by atoms with Crippen LogP contribution in [0.15, 0.2) is 78.9 Å². The normalized spacial score (nSPS) is 12.4. The summed E-state index contributed by atoms with van der Waals surface area (Å²) in [6.45, 7) is 0.313. The quantitative estimate of drug-likeness (QED) is 0.580. The Morgan fingerprint density at radius 1 is 0.852 bits per heavy atom. The number of rotatable bonds is 7. The molecule has 0 saturated heterocycles. The van der Waals surface area contributed by atoms with Gasteiger partial charge >= 0.3 is 0 Å². The molecule has 0 spiro atoms. The van der Waals surface area contributed by atoms with Crippen molar-refractivity contribution < 1.29 is 13.5 Å². The molecule has 0 aliphatic carbocycles. The SMILES string of the molecule is CS(=O)(=O)Nc1cccc(NCC(O)c2ccc(-c3ccccc3)cc2)c1. The van der Waals surface area contributed by atoms with Crippen LogP contribution in [0, 0.1) is 0 Å². The van der Waals surface area contributed by atoms with Gasteiger partial charge in [-0.15, -0.1) is 0 Å².